The topological polar surface area (TPSA) is 113 Å². The number of benzene rings is 3. The van der Waals surface area contributed by atoms with Gasteiger partial charge in [0.2, 0.25) is 0 Å². The molecule has 0 radical (unpaired) electrons. The van der Waals surface area contributed by atoms with E-state index in [2.05, 4.69) is 0 Å². The molecule has 1 heterocycles. The van der Waals surface area contributed by atoms with Crippen LogP contribution >= 0.6 is 0 Å². The molecule has 0 aromatic heterocycles. The SMILES string of the molecule is CCOC(=O)c1cccc(N2C(=O)C(=O)/C(=C(/O)c3ccc(OC(C)C)cc3)C2c2ccc(O)cc2)c1. The van der Waals surface area contributed by atoms with E-state index in [9.17, 15) is 24.6 Å². The second-order valence-corrected chi connectivity index (χ2v) is 8.72. The van der Waals surface area contributed by atoms with E-state index in [-0.39, 0.29) is 41.0 Å². The van der Waals surface area contributed by atoms with Crippen molar-refractivity contribution < 1.29 is 34.1 Å². The summed E-state index contributed by atoms with van der Waals surface area (Å²) in [6.07, 6.45) is -0.0374. The lowest BCUT2D eigenvalue weighted by Gasteiger charge is -2.26. The number of amides is 1. The number of aromatic hydroxyl groups is 1. The molecule has 2 N–H and O–H groups in total. The van der Waals surface area contributed by atoms with Gasteiger partial charge in [0.05, 0.1) is 29.9 Å². The first-order chi connectivity index (χ1) is 17.7. The van der Waals surface area contributed by atoms with E-state index in [4.69, 9.17) is 9.47 Å². The molecular weight excluding hydrogens is 474 g/mol. The van der Waals surface area contributed by atoms with E-state index in [0.717, 1.165) is 0 Å². The second kappa shape index (κ2) is 10.6. The number of aliphatic hydroxyl groups excluding tert-OH is 1. The summed E-state index contributed by atoms with van der Waals surface area (Å²) in [6, 6.07) is 17.8. The van der Waals surface area contributed by atoms with E-state index >= 15 is 0 Å². The first-order valence-electron chi connectivity index (χ1n) is 11.9. The third kappa shape index (κ3) is 5.18. The molecule has 3 aromatic carbocycles. The summed E-state index contributed by atoms with van der Waals surface area (Å²) < 4.78 is 10.7. The third-order valence-corrected chi connectivity index (χ3v) is 5.79. The van der Waals surface area contributed by atoms with E-state index in [0.29, 0.717) is 16.9 Å². The number of carbonyl (C=O) groups is 3. The number of ether oxygens (including phenoxy) is 2. The summed E-state index contributed by atoms with van der Waals surface area (Å²) in [4.78, 5) is 40.2. The molecule has 0 saturated carbocycles. The van der Waals surface area contributed by atoms with Crippen LogP contribution in [-0.2, 0) is 14.3 Å². The van der Waals surface area contributed by atoms with Gasteiger partial charge in [0.1, 0.15) is 17.3 Å². The van der Waals surface area contributed by atoms with Gasteiger partial charge in [-0.3, -0.25) is 14.5 Å². The van der Waals surface area contributed by atoms with Crippen molar-refractivity contribution in [3.8, 4) is 11.5 Å². The van der Waals surface area contributed by atoms with Crippen molar-refractivity contribution in [1.29, 1.82) is 0 Å². The van der Waals surface area contributed by atoms with Crippen LogP contribution in [0.4, 0.5) is 5.69 Å². The van der Waals surface area contributed by atoms with Crippen molar-refractivity contribution in [3.63, 3.8) is 0 Å². The molecule has 0 aliphatic carbocycles. The van der Waals surface area contributed by atoms with Gasteiger partial charge in [-0.05, 0) is 80.9 Å². The molecule has 1 fully saturated rings. The quantitative estimate of drug-likeness (QED) is 0.203. The summed E-state index contributed by atoms with van der Waals surface area (Å²) in [7, 11) is 0. The molecule has 8 nitrogen and oxygen atoms in total. The molecule has 1 saturated heterocycles. The maximum atomic E-state index is 13.3. The number of hydrogen-bond donors (Lipinski definition) is 2. The van der Waals surface area contributed by atoms with Crippen molar-refractivity contribution >= 4 is 29.1 Å². The Labute approximate surface area is 214 Å². The van der Waals surface area contributed by atoms with Crippen LogP contribution in [0.25, 0.3) is 5.76 Å². The highest BCUT2D eigenvalue weighted by molar-refractivity contribution is 6.51. The monoisotopic (exact) mass is 501 g/mol. The molecular formula is C29H27NO7. The summed E-state index contributed by atoms with van der Waals surface area (Å²) in [6.45, 7) is 5.66. The van der Waals surface area contributed by atoms with E-state index < -0.39 is 23.7 Å². The van der Waals surface area contributed by atoms with Crippen molar-refractivity contribution in [2.75, 3.05) is 11.5 Å². The maximum absolute atomic E-state index is 13.3. The molecule has 37 heavy (non-hydrogen) atoms. The van der Waals surface area contributed by atoms with Crippen molar-refractivity contribution in [1.82, 2.24) is 0 Å². The average molecular weight is 502 g/mol. The molecule has 1 amide bonds. The van der Waals surface area contributed by atoms with Gasteiger partial charge in [0, 0.05) is 11.3 Å². The van der Waals surface area contributed by atoms with Crippen LogP contribution in [0, 0.1) is 0 Å². The number of rotatable bonds is 7. The Morgan fingerprint density at radius 3 is 2.27 bits per heavy atom. The second-order valence-electron chi connectivity index (χ2n) is 8.72. The predicted molar refractivity (Wildman–Crippen MR) is 137 cm³/mol. The molecule has 1 atom stereocenters. The minimum Gasteiger partial charge on any atom is -0.508 e. The van der Waals surface area contributed by atoms with E-state index in [1.807, 2.05) is 13.8 Å². The zero-order valence-electron chi connectivity index (χ0n) is 20.7. The van der Waals surface area contributed by atoms with Gasteiger partial charge in [-0.1, -0.05) is 18.2 Å². The fourth-order valence-electron chi connectivity index (χ4n) is 4.19. The Kier molecular flexibility index (Phi) is 7.29. The Morgan fingerprint density at radius 2 is 1.65 bits per heavy atom. The average Bonchev–Trinajstić information content (AvgIpc) is 3.14. The fourth-order valence-corrected chi connectivity index (χ4v) is 4.19. The predicted octanol–water partition coefficient (Wildman–Crippen LogP) is 4.98. The minimum atomic E-state index is -1.01. The van der Waals surface area contributed by atoms with Crippen LogP contribution in [0.5, 0.6) is 11.5 Å². The van der Waals surface area contributed by atoms with Crippen LogP contribution in [0.3, 0.4) is 0 Å². The summed E-state index contributed by atoms with van der Waals surface area (Å²) in [5.74, 6) is -2.05. The van der Waals surface area contributed by atoms with Gasteiger partial charge in [-0.2, -0.15) is 0 Å². The molecule has 0 spiro atoms. The van der Waals surface area contributed by atoms with Gasteiger partial charge < -0.3 is 19.7 Å². The first-order valence-corrected chi connectivity index (χ1v) is 11.9. The molecule has 8 heteroatoms. The zero-order valence-corrected chi connectivity index (χ0v) is 20.7. The van der Waals surface area contributed by atoms with Crippen LogP contribution in [0.2, 0.25) is 0 Å². The van der Waals surface area contributed by atoms with Gasteiger partial charge in [-0.15, -0.1) is 0 Å². The smallest absolute Gasteiger partial charge is 0.338 e. The first kappa shape index (κ1) is 25.5. The van der Waals surface area contributed by atoms with Gasteiger partial charge in [0.15, 0.2) is 0 Å². The molecule has 1 unspecified atom stereocenters. The Hall–Kier alpha value is -4.59. The number of aliphatic hydroxyl groups is 1. The molecule has 190 valence electrons. The van der Waals surface area contributed by atoms with Crippen LogP contribution in [0.15, 0.2) is 78.4 Å². The van der Waals surface area contributed by atoms with Crippen molar-refractivity contribution in [2.24, 2.45) is 0 Å². The Morgan fingerprint density at radius 1 is 0.973 bits per heavy atom. The minimum absolute atomic E-state index is 0.00533. The van der Waals surface area contributed by atoms with Crippen LogP contribution in [0.1, 0.15) is 48.3 Å². The van der Waals surface area contributed by atoms with Crippen LogP contribution < -0.4 is 9.64 Å². The molecule has 0 bridgehead atoms. The molecule has 1 aliphatic heterocycles. The Bertz CT molecular complexity index is 1360. The number of phenolic OH excluding ortho intramolecular Hbond substituents is 1. The fraction of sp³-hybridized carbons (Fsp3) is 0.207. The lowest BCUT2D eigenvalue weighted by molar-refractivity contribution is -0.132. The summed E-state index contributed by atoms with van der Waals surface area (Å²) in [5, 5.41) is 21.1. The standard InChI is InChI=1S/C29H27NO7/c1-4-36-29(35)20-6-5-7-21(16-20)30-25(18-8-12-22(31)13-9-18)24(27(33)28(30)34)26(32)19-10-14-23(15-11-19)37-17(2)3/h5-17,25,31-32H,4H2,1-3H3/b26-24+. The highest BCUT2D eigenvalue weighted by atomic mass is 16.5. The number of esters is 1. The molecule has 4 rings (SSSR count). The van der Waals surface area contributed by atoms with Gasteiger partial charge in [0.25, 0.3) is 11.7 Å². The lowest BCUT2D eigenvalue weighted by Crippen LogP contribution is -2.29. The number of anilines is 1. The summed E-state index contributed by atoms with van der Waals surface area (Å²) >= 11 is 0. The molecule has 3 aromatic rings. The number of phenols is 1. The Balaban J connectivity index is 1.85. The number of Topliss-reactive ketones (excluding diaryl/α,β-unsaturated/α-hetero) is 1. The largest absolute Gasteiger partial charge is 0.508 e. The van der Waals surface area contributed by atoms with Crippen molar-refractivity contribution in [3.05, 3.63) is 95.1 Å². The maximum Gasteiger partial charge on any atom is 0.338 e. The lowest BCUT2D eigenvalue weighted by atomic mass is 9.95. The zero-order chi connectivity index (χ0) is 26.7. The number of nitrogens with zero attached hydrogens (tertiary/aromatic N) is 1. The van der Waals surface area contributed by atoms with Gasteiger partial charge >= 0.3 is 5.97 Å². The highest BCUT2D eigenvalue weighted by Crippen LogP contribution is 2.42. The summed E-state index contributed by atoms with van der Waals surface area (Å²) in [5.41, 5.74) is 1.20. The van der Waals surface area contributed by atoms with E-state index in [1.54, 1.807) is 61.5 Å². The molecule has 1 aliphatic rings. The normalized spacial score (nSPS) is 16.8. The van der Waals surface area contributed by atoms with Crippen molar-refractivity contribution in [2.45, 2.75) is 32.9 Å². The third-order valence-electron chi connectivity index (χ3n) is 5.79. The number of hydrogen-bond acceptors (Lipinski definition) is 7. The van der Waals surface area contributed by atoms with Crippen LogP contribution in [-0.4, -0.2) is 40.6 Å². The van der Waals surface area contributed by atoms with E-state index in [1.165, 1.54) is 23.1 Å². The number of ketones is 1. The number of carbonyl (C=O) groups excluding carboxylic acids is 3. The highest BCUT2D eigenvalue weighted by Gasteiger charge is 2.47. The van der Waals surface area contributed by atoms with Gasteiger partial charge in [-0.25, -0.2) is 4.79 Å².